The number of nitrogens with one attached hydrogen (secondary N) is 1. The van der Waals surface area contributed by atoms with Crippen LogP contribution in [0.25, 0.3) is 0 Å². The van der Waals surface area contributed by atoms with Gasteiger partial charge in [-0.25, -0.2) is 4.39 Å². The minimum atomic E-state index is -0.202. The van der Waals surface area contributed by atoms with Crippen LogP contribution in [-0.2, 0) is 6.42 Å². The number of halogens is 1. The maximum absolute atomic E-state index is 13.2. The summed E-state index contributed by atoms with van der Waals surface area (Å²) in [4.78, 5) is 0.928. The van der Waals surface area contributed by atoms with Crippen molar-refractivity contribution in [2.75, 3.05) is 5.75 Å². The first-order chi connectivity index (χ1) is 10.1. The van der Waals surface area contributed by atoms with Crippen molar-refractivity contribution in [3.8, 4) is 0 Å². The van der Waals surface area contributed by atoms with Gasteiger partial charge in [0.15, 0.2) is 0 Å². The van der Waals surface area contributed by atoms with E-state index in [1.54, 1.807) is 23.9 Å². The fraction of sp³-hybridized carbons (Fsp3) is 0.294. The molecule has 0 saturated carbocycles. The fourth-order valence-corrected chi connectivity index (χ4v) is 3.32. The molecule has 3 N–H and O–H groups in total. The number of hydrogen-bond acceptors (Lipinski definition) is 3. The highest BCUT2D eigenvalue weighted by Crippen LogP contribution is 2.22. The van der Waals surface area contributed by atoms with Crippen LogP contribution in [0.1, 0.15) is 16.7 Å². The highest BCUT2D eigenvalue weighted by molar-refractivity contribution is 7.99. The Hall–Kier alpha value is -1.36. The summed E-state index contributed by atoms with van der Waals surface area (Å²) >= 11 is 1.62. The van der Waals surface area contributed by atoms with Crippen LogP contribution in [0.4, 0.5) is 4.39 Å². The molecule has 1 atom stereocenters. The van der Waals surface area contributed by atoms with Gasteiger partial charge in [0.05, 0.1) is 0 Å². The summed E-state index contributed by atoms with van der Waals surface area (Å²) in [7, 11) is 0. The van der Waals surface area contributed by atoms with E-state index < -0.39 is 0 Å². The predicted octanol–water partition coefficient (Wildman–Crippen LogP) is 3.61. The molecule has 0 radical (unpaired) electrons. The maximum Gasteiger partial charge on any atom is 0.124 e. The van der Waals surface area contributed by atoms with Gasteiger partial charge in [-0.3, -0.25) is 11.3 Å². The first-order valence-electron chi connectivity index (χ1n) is 6.99. The van der Waals surface area contributed by atoms with Gasteiger partial charge in [-0.1, -0.05) is 24.3 Å². The van der Waals surface area contributed by atoms with Crippen molar-refractivity contribution in [3.05, 3.63) is 65.0 Å². The zero-order valence-corrected chi connectivity index (χ0v) is 13.2. The predicted molar refractivity (Wildman–Crippen MR) is 87.9 cm³/mol. The van der Waals surface area contributed by atoms with Crippen molar-refractivity contribution in [1.82, 2.24) is 5.43 Å². The van der Waals surface area contributed by atoms with Crippen molar-refractivity contribution in [3.63, 3.8) is 0 Å². The van der Waals surface area contributed by atoms with Gasteiger partial charge in [0.1, 0.15) is 5.82 Å². The van der Waals surface area contributed by atoms with E-state index >= 15 is 0 Å². The van der Waals surface area contributed by atoms with Gasteiger partial charge < -0.3 is 0 Å². The van der Waals surface area contributed by atoms with Crippen LogP contribution < -0.4 is 11.3 Å². The van der Waals surface area contributed by atoms with E-state index in [9.17, 15) is 4.39 Å². The fourth-order valence-electron chi connectivity index (χ4n) is 2.34. The first-order valence-corrected chi connectivity index (χ1v) is 7.98. The summed E-state index contributed by atoms with van der Waals surface area (Å²) in [5.41, 5.74) is 6.78. The number of nitrogens with two attached hydrogens (primary N) is 1. The molecule has 0 bridgehead atoms. The second-order valence-corrected chi connectivity index (χ2v) is 6.30. The average Bonchev–Trinajstić information content (AvgIpc) is 2.46. The lowest BCUT2D eigenvalue weighted by Gasteiger charge is -2.18. The van der Waals surface area contributed by atoms with Gasteiger partial charge in [0.2, 0.25) is 0 Å². The van der Waals surface area contributed by atoms with Gasteiger partial charge in [0, 0.05) is 16.7 Å². The van der Waals surface area contributed by atoms with Crippen molar-refractivity contribution in [2.24, 2.45) is 5.84 Å². The third kappa shape index (κ3) is 4.56. The van der Waals surface area contributed by atoms with E-state index in [4.69, 9.17) is 5.84 Å². The zero-order valence-electron chi connectivity index (χ0n) is 12.4. The van der Waals surface area contributed by atoms with Crippen molar-refractivity contribution >= 4 is 11.8 Å². The lowest BCUT2D eigenvalue weighted by molar-refractivity contribution is 0.573. The molecule has 112 valence electrons. The summed E-state index contributed by atoms with van der Waals surface area (Å²) in [6.45, 7) is 4.24. The molecule has 2 aromatic rings. The van der Waals surface area contributed by atoms with Crippen LogP contribution in [0.3, 0.4) is 0 Å². The van der Waals surface area contributed by atoms with E-state index in [-0.39, 0.29) is 11.9 Å². The summed E-state index contributed by atoms with van der Waals surface area (Å²) in [6.07, 6.45) is 0.872. The van der Waals surface area contributed by atoms with Gasteiger partial charge in [-0.05, 0) is 55.2 Å². The van der Waals surface area contributed by atoms with E-state index in [2.05, 4.69) is 37.5 Å². The summed E-state index contributed by atoms with van der Waals surface area (Å²) in [5, 5.41) is 0. The molecule has 4 heteroatoms. The molecule has 0 aromatic heterocycles. The normalized spacial score (nSPS) is 12.4. The van der Waals surface area contributed by atoms with Gasteiger partial charge in [0.25, 0.3) is 0 Å². The molecule has 0 fully saturated rings. The first kappa shape index (κ1) is 16.0. The average molecular weight is 304 g/mol. The van der Waals surface area contributed by atoms with Crippen LogP contribution in [0.2, 0.25) is 0 Å². The van der Waals surface area contributed by atoms with E-state index in [1.807, 2.05) is 6.07 Å². The Morgan fingerprint density at radius 1 is 1.14 bits per heavy atom. The molecular formula is C17H21FN2S. The lowest BCUT2D eigenvalue weighted by atomic mass is 9.97. The van der Waals surface area contributed by atoms with Crippen LogP contribution >= 0.6 is 11.8 Å². The van der Waals surface area contributed by atoms with Crippen LogP contribution in [-0.4, -0.2) is 11.8 Å². The minimum absolute atomic E-state index is 0.151. The highest BCUT2D eigenvalue weighted by Gasteiger charge is 2.12. The standard InChI is InChI=1S/C17H21FN2S/c1-12-5-3-6-13(2)17(12)10-15(20-19)11-21-16-8-4-7-14(18)9-16/h3-9,15,20H,10-11,19H2,1-2H3. The number of hydrazine groups is 1. The second-order valence-electron chi connectivity index (χ2n) is 5.21. The van der Waals surface area contributed by atoms with E-state index in [0.717, 1.165) is 17.1 Å². The summed E-state index contributed by atoms with van der Waals surface area (Å²) in [5.74, 6) is 6.27. The van der Waals surface area contributed by atoms with Gasteiger partial charge >= 0.3 is 0 Å². The molecular weight excluding hydrogens is 283 g/mol. The molecule has 2 nitrogen and oxygen atoms in total. The number of aryl methyl sites for hydroxylation is 2. The SMILES string of the molecule is Cc1cccc(C)c1CC(CSc1cccc(F)c1)NN. The molecule has 0 spiro atoms. The Bertz CT molecular complexity index is 581. The maximum atomic E-state index is 13.2. The summed E-state index contributed by atoms with van der Waals surface area (Å²) in [6, 6.07) is 13.1. The largest absolute Gasteiger partial charge is 0.271 e. The highest BCUT2D eigenvalue weighted by atomic mass is 32.2. The van der Waals surface area contributed by atoms with Crippen LogP contribution in [0.5, 0.6) is 0 Å². The monoisotopic (exact) mass is 304 g/mol. The number of thioether (sulfide) groups is 1. The number of benzene rings is 2. The topological polar surface area (TPSA) is 38.0 Å². The Morgan fingerprint density at radius 2 is 1.81 bits per heavy atom. The number of rotatable bonds is 6. The Labute approximate surface area is 129 Å². The Balaban J connectivity index is 2.00. The van der Waals surface area contributed by atoms with E-state index in [0.29, 0.717) is 0 Å². The second kappa shape index (κ2) is 7.59. The Kier molecular flexibility index (Phi) is 5.79. The molecule has 2 rings (SSSR count). The van der Waals surface area contributed by atoms with Crippen LogP contribution in [0, 0.1) is 19.7 Å². The van der Waals surface area contributed by atoms with E-state index in [1.165, 1.54) is 22.8 Å². The van der Waals surface area contributed by atoms with Gasteiger partial charge in [-0.2, -0.15) is 0 Å². The molecule has 0 aliphatic carbocycles. The third-order valence-corrected chi connectivity index (χ3v) is 4.73. The van der Waals surface area contributed by atoms with Crippen molar-refractivity contribution in [1.29, 1.82) is 0 Å². The van der Waals surface area contributed by atoms with Crippen molar-refractivity contribution < 1.29 is 4.39 Å². The molecule has 1 unspecified atom stereocenters. The van der Waals surface area contributed by atoms with Gasteiger partial charge in [-0.15, -0.1) is 11.8 Å². The molecule has 0 saturated heterocycles. The van der Waals surface area contributed by atoms with Crippen LogP contribution in [0.15, 0.2) is 47.4 Å². The molecule has 0 amide bonds. The Morgan fingerprint density at radius 3 is 2.43 bits per heavy atom. The summed E-state index contributed by atoms with van der Waals surface area (Å²) < 4.78 is 13.2. The molecule has 0 aliphatic heterocycles. The smallest absolute Gasteiger partial charge is 0.124 e. The molecule has 0 heterocycles. The molecule has 2 aromatic carbocycles. The quantitative estimate of drug-likeness (QED) is 0.486. The van der Waals surface area contributed by atoms with Crippen molar-refractivity contribution in [2.45, 2.75) is 31.2 Å². The number of hydrogen-bond donors (Lipinski definition) is 2. The molecule has 0 aliphatic rings. The zero-order chi connectivity index (χ0) is 15.2. The third-order valence-electron chi connectivity index (χ3n) is 3.58. The minimum Gasteiger partial charge on any atom is -0.271 e. The molecule has 21 heavy (non-hydrogen) atoms. The lowest BCUT2D eigenvalue weighted by Crippen LogP contribution is -2.39.